The molecule has 1 aromatic heterocycles. The molecule has 0 aliphatic heterocycles. The lowest BCUT2D eigenvalue weighted by molar-refractivity contribution is -0.134. The second kappa shape index (κ2) is 8.71. The first kappa shape index (κ1) is 23.2. The highest BCUT2D eigenvalue weighted by atomic mass is 32.2. The van der Waals surface area contributed by atoms with Crippen molar-refractivity contribution in [3.8, 4) is 0 Å². The van der Waals surface area contributed by atoms with Crippen LogP contribution in [0.5, 0.6) is 0 Å². The number of benzene rings is 1. The quantitative estimate of drug-likeness (QED) is 0.173. The first-order valence-electron chi connectivity index (χ1n) is 7.44. The molecule has 156 valence electrons. The lowest BCUT2D eigenvalue weighted by Crippen LogP contribution is -2.27. The van der Waals surface area contributed by atoms with Crippen LogP contribution in [-0.4, -0.2) is 36.9 Å². The van der Waals surface area contributed by atoms with Crippen molar-refractivity contribution in [2.24, 2.45) is 0 Å². The van der Waals surface area contributed by atoms with Crippen LogP contribution < -0.4 is 0 Å². The Morgan fingerprint density at radius 2 is 1.90 bits per heavy atom. The molecule has 13 heteroatoms. The molecule has 2 aromatic rings. The lowest BCUT2D eigenvalue weighted by Gasteiger charge is -2.15. The van der Waals surface area contributed by atoms with Crippen molar-refractivity contribution in [1.29, 1.82) is 0 Å². The van der Waals surface area contributed by atoms with Crippen molar-refractivity contribution in [3.05, 3.63) is 53.6 Å². The Morgan fingerprint density at radius 1 is 1.24 bits per heavy atom. The number of hydrogen-bond donors (Lipinski definition) is 1. The molecule has 6 nitrogen and oxygen atoms in total. The Morgan fingerprint density at radius 3 is 2.41 bits per heavy atom. The third kappa shape index (κ3) is 6.72. The van der Waals surface area contributed by atoms with Gasteiger partial charge in [-0.15, -0.1) is 12.6 Å². The molecule has 0 aliphatic rings. The van der Waals surface area contributed by atoms with E-state index in [1.54, 1.807) is 0 Å². The number of carbonyl (C=O) groups excluding carboxylic acids is 2. The predicted octanol–water partition coefficient (Wildman–Crippen LogP) is 3.59. The number of rotatable bonds is 6. The van der Waals surface area contributed by atoms with Gasteiger partial charge in [-0.2, -0.15) is 21.6 Å². The molecule has 0 aliphatic carbocycles. The number of thiol groups is 1. The minimum atomic E-state index is -4.60. The highest BCUT2D eigenvalue weighted by molar-refractivity contribution is 8.00. The van der Waals surface area contributed by atoms with Gasteiger partial charge in [0, 0.05) is 16.0 Å². The van der Waals surface area contributed by atoms with E-state index in [4.69, 9.17) is 0 Å². The van der Waals surface area contributed by atoms with Crippen LogP contribution in [0.1, 0.15) is 22.0 Å². The van der Waals surface area contributed by atoms with Crippen LogP contribution in [0.2, 0.25) is 0 Å². The van der Waals surface area contributed by atoms with Crippen molar-refractivity contribution in [2.45, 2.75) is 21.2 Å². The lowest BCUT2D eigenvalue weighted by atomic mass is 9.92. The van der Waals surface area contributed by atoms with Gasteiger partial charge in [0.15, 0.2) is 0 Å². The molecule has 0 spiro atoms. The van der Waals surface area contributed by atoms with E-state index in [9.17, 15) is 35.6 Å². The Hall–Kier alpha value is -2.12. The van der Waals surface area contributed by atoms with Crippen molar-refractivity contribution in [1.82, 2.24) is 4.98 Å². The fraction of sp³-hybridized carbons (Fsp3) is 0.188. The van der Waals surface area contributed by atoms with Gasteiger partial charge in [0.2, 0.25) is 5.78 Å². The van der Waals surface area contributed by atoms with Crippen molar-refractivity contribution >= 4 is 46.3 Å². The Bertz CT molecular complexity index is 1060. The largest absolute Gasteiger partial charge is 0.446 e. The topological polar surface area (TPSA) is 90.4 Å². The van der Waals surface area contributed by atoms with Gasteiger partial charge in [0.25, 0.3) is 0 Å². The molecule has 1 atom stereocenters. The summed E-state index contributed by atoms with van der Waals surface area (Å²) in [5.74, 6) is -5.40. The van der Waals surface area contributed by atoms with Crippen LogP contribution in [0, 0.1) is 5.82 Å². The first-order chi connectivity index (χ1) is 13.3. The summed E-state index contributed by atoms with van der Waals surface area (Å²) in [4.78, 5) is 28.1. The zero-order valence-corrected chi connectivity index (χ0v) is 16.8. The van der Waals surface area contributed by atoms with E-state index in [-0.39, 0.29) is 15.4 Å². The van der Waals surface area contributed by atoms with E-state index >= 15 is 0 Å². The number of Topliss-reactive ketones (excluding diaryl/α,β-unsaturated/α-hetero) is 1. The monoisotopic (exact) mass is 469 g/mol. The molecule has 0 radical (unpaired) electrons. The summed E-state index contributed by atoms with van der Waals surface area (Å²) in [6.45, 7) is 0. The fourth-order valence-electron chi connectivity index (χ4n) is 2.23. The summed E-state index contributed by atoms with van der Waals surface area (Å²) >= 11 is 3.44. The Labute approximate surface area is 172 Å². The van der Waals surface area contributed by atoms with Gasteiger partial charge in [0.05, 0.1) is 6.26 Å². The molecule has 0 N–H and O–H groups in total. The minimum Gasteiger partial charge on any atom is -0.345 e. The summed E-state index contributed by atoms with van der Waals surface area (Å²) in [5, 5.41) is 0. The number of aromatic nitrogens is 1. The second-order valence-electron chi connectivity index (χ2n) is 5.55. The zero-order chi connectivity index (χ0) is 22.0. The summed E-state index contributed by atoms with van der Waals surface area (Å²) < 4.78 is 77.8. The molecular weight excluding hydrogens is 458 g/mol. The highest BCUT2D eigenvalue weighted by Crippen LogP contribution is 2.38. The number of thioether (sulfide) groups is 1. The van der Waals surface area contributed by atoms with Crippen LogP contribution in [-0.2, 0) is 19.1 Å². The van der Waals surface area contributed by atoms with Crippen LogP contribution in [0.4, 0.5) is 17.6 Å². The van der Waals surface area contributed by atoms with Gasteiger partial charge in [0.1, 0.15) is 17.4 Å². The van der Waals surface area contributed by atoms with E-state index in [0.29, 0.717) is 6.26 Å². The number of alkyl halides is 3. The van der Waals surface area contributed by atoms with E-state index in [1.807, 2.05) is 0 Å². The molecule has 29 heavy (non-hydrogen) atoms. The van der Waals surface area contributed by atoms with Crippen molar-refractivity contribution < 1.29 is 39.8 Å². The van der Waals surface area contributed by atoms with Gasteiger partial charge in [-0.3, -0.25) is 9.78 Å². The zero-order valence-electron chi connectivity index (χ0n) is 14.3. The molecule has 0 saturated heterocycles. The maximum atomic E-state index is 13.6. The van der Waals surface area contributed by atoms with Crippen molar-refractivity contribution in [2.75, 3.05) is 6.26 Å². The third-order valence-corrected chi connectivity index (χ3v) is 4.72. The van der Waals surface area contributed by atoms with Gasteiger partial charge < -0.3 is 4.18 Å². The van der Waals surface area contributed by atoms with E-state index in [1.165, 1.54) is 12.1 Å². The van der Waals surface area contributed by atoms with Crippen LogP contribution >= 0.6 is 24.4 Å². The Balaban J connectivity index is 2.48. The summed E-state index contributed by atoms with van der Waals surface area (Å²) in [6, 6.07) is 5.11. The van der Waals surface area contributed by atoms with Crippen LogP contribution in [0.15, 0.2) is 46.3 Å². The smallest absolute Gasteiger partial charge is 0.345 e. The fourth-order valence-corrected chi connectivity index (χ4v) is 3.57. The molecule has 1 heterocycles. The van der Waals surface area contributed by atoms with Gasteiger partial charge >= 0.3 is 21.6 Å². The number of pyridine rings is 1. The Kier molecular flexibility index (Phi) is 6.96. The van der Waals surface area contributed by atoms with Crippen LogP contribution in [0.3, 0.4) is 0 Å². The molecule has 1 aromatic carbocycles. The average molecular weight is 469 g/mol. The molecular formula is C16H11F4NO5S3. The van der Waals surface area contributed by atoms with E-state index in [0.717, 1.165) is 24.4 Å². The first-order valence-corrected chi connectivity index (χ1v) is 10.5. The summed E-state index contributed by atoms with van der Waals surface area (Å²) in [6.07, 6.45) is 1.32. The highest BCUT2D eigenvalue weighted by Gasteiger charge is 2.36. The maximum absolute atomic E-state index is 13.6. The number of hydrogen-bond acceptors (Lipinski definition) is 8. The molecule has 0 saturated carbocycles. The van der Waals surface area contributed by atoms with Gasteiger partial charge in [-0.05, 0) is 35.5 Å². The average Bonchev–Trinajstić information content (AvgIpc) is 2.51. The van der Waals surface area contributed by atoms with Crippen LogP contribution in [0.25, 0.3) is 0 Å². The second-order valence-corrected chi connectivity index (χ2v) is 8.74. The molecule has 0 fully saturated rings. The standard InChI is InChI=1S/C16H11F4NO5S3/c1-29(24,25)26-15(23)12(8-3-2-4-9(17)5-8)14(22)13-11(27)6-10(7-21-13)28-16(18,19)20/h2-7,12,27H,1H3. The summed E-state index contributed by atoms with van der Waals surface area (Å²) in [5.41, 5.74) is -5.34. The number of halogens is 4. The van der Waals surface area contributed by atoms with Gasteiger partial charge in [-0.1, -0.05) is 12.1 Å². The SMILES string of the molecule is CS(=O)(=O)OC(=O)C(C(=O)c1ncc(SC(F)(F)F)cc1S)c1cccc(F)c1. The molecule has 2 rings (SSSR count). The molecule has 0 bridgehead atoms. The van der Waals surface area contributed by atoms with E-state index in [2.05, 4.69) is 21.8 Å². The van der Waals surface area contributed by atoms with E-state index < -0.39 is 56.6 Å². The number of ketones is 1. The normalized spacial score (nSPS) is 13.0. The molecule has 1 unspecified atom stereocenters. The third-order valence-electron chi connectivity index (χ3n) is 3.22. The summed E-state index contributed by atoms with van der Waals surface area (Å²) in [7, 11) is -4.30. The maximum Gasteiger partial charge on any atom is 0.446 e. The minimum absolute atomic E-state index is 0.230. The van der Waals surface area contributed by atoms with Gasteiger partial charge in [-0.25, -0.2) is 9.18 Å². The predicted molar refractivity (Wildman–Crippen MR) is 97.8 cm³/mol. The number of nitrogens with zero attached hydrogens (tertiary/aromatic N) is 1. The molecule has 0 amide bonds. The van der Waals surface area contributed by atoms with Crippen molar-refractivity contribution in [3.63, 3.8) is 0 Å². The number of carbonyl (C=O) groups is 2.